The fourth-order valence-corrected chi connectivity index (χ4v) is 3.67. The summed E-state index contributed by atoms with van der Waals surface area (Å²) in [5.41, 5.74) is 0. The lowest BCUT2D eigenvalue weighted by Gasteiger charge is -2.16. The van der Waals surface area contributed by atoms with E-state index >= 15 is 0 Å². The van der Waals surface area contributed by atoms with Crippen LogP contribution in [0.2, 0.25) is 0 Å². The molecule has 0 aromatic rings. The summed E-state index contributed by atoms with van der Waals surface area (Å²) < 4.78 is 11.1. The Hall–Kier alpha value is -0.710. The van der Waals surface area contributed by atoms with Crippen LogP contribution in [0, 0.1) is 0 Å². The van der Waals surface area contributed by atoms with E-state index in [1.807, 2.05) is 0 Å². The number of carbonyl (C=O) groups excluding carboxylic acids is 2. The summed E-state index contributed by atoms with van der Waals surface area (Å²) in [7, 11) is 0. The molecule has 0 heterocycles. The molecule has 0 spiro atoms. The van der Waals surface area contributed by atoms with Crippen LogP contribution in [0.3, 0.4) is 0 Å². The lowest BCUT2D eigenvalue weighted by atomic mass is 10.1. The summed E-state index contributed by atoms with van der Waals surface area (Å²) >= 11 is 1.62. The van der Waals surface area contributed by atoms with Gasteiger partial charge in [0.2, 0.25) is 0 Å². The molecule has 0 aliphatic rings. The predicted octanol–water partition coefficient (Wildman–Crippen LogP) is 6.30. The molecular weight excluding hydrogens is 360 g/mol. The van der Waals surface area contributed by atoms with Crippen LogP contribution >= 0.6 is 11.8 Å². The van der Waals surface area contributed by atoms with Crippen molar-refractivity contribution in [3.63, 3.8) is 0 Å². The van der Waals surface area contributed by atoms with E-state index in [0.717, 1.165) is 38.5 Å². The molecule has 160 valence electrons. The van der Waals surface area contributed by atoms with Gasteiger partial charge in [-0.2, -0.15) is 11.8 Å². The molecule has 0 bridgehead atoms. The summed E-state index contributed by atoms with van der Waals surface area (Å²) in [6.45, 7) is 8.48. The van der Waals surface area contributed by atoms with E-state index in [4.69, 9.17) is 9.47 Å². The molecule has 0 aliphatic carbocycles. The van der Waals surface area contributed by atoms with Gasteiger partial charge in [0.05, 0.1) is 12.8 Å². The first kappa shape index (κ1) is 26.3. The zero-order chi connectivity index (χ0) is 20.3. The Labute approximate surface area is 171 Å². The molecule has 2 atom stereocenters. The Kier molecular flexibility index (Phi) is 18.2. The van der Waals surface area contributed by atoms with Gasteiger partial charge in [0.15, 0.2) is 0 Å². The molecule has 0 aliphatic heterocycles. The number of hydrogen-bond acceptors (Lipinski definition) is 5. The second-order valence-electron chi connectivity index (χ2n) is 7.14. The molecule has 0 aromatic heterocycles. The molecule has 27 heavy (non-hydrogen) atoms. The van der Waals surface area contributed by atoms with Crippen molar-refractivity contribution < 1.29 is 19.1 Å². The summed E-state index contributed by atoms with van der Waals surface area (Å²) in [6, 6.07) is 0. The fourth-order valence-electron chi connectivity index (χ4n) is 2.84. The zero-order valence-corrected chi connectivity index (χ0v) is 18.9. The van der Waals surface area contributed by atoms with E-state index in [1.165, 1.54) is 25.7 Å². The van der Waals surface area contributed by atoms with Gasteiger partial charge in [-0.25, -0.2) is 0 Å². The average molecular weight is 403 g/mol. The molecule has 0 amide bonds. The van der Waals surface area contributed by atoms with Gasteiger partial charge in [0, 0.05) is 11.5 Å². The van der Waals surface area contributed by atoms with Gasteiger partial charge in [-0.1, -0.05) is 53.4 Å². The number of unbranched alkanes of at least 4 members (excludes halogenated alkanes) is 4. The quantitative estimate of drug-likeness (QED) is 0.199. The largest absolute Gasteiger partial charge is 0.462 e. The third-order valence-electron chi connectivity index (χ3n) is 4.67. The van der Waals surface area contributed by atoms with E-state index in [9.17, 15) is 9.59 Å². The van der Waals surface area contributed by atoms with Crippen molar-refractivity contribution in [3.05, 3.63) is 0 Å². The van der Waals surface area contributed by atoms with Crippen LogP contribution in [0.15, 0.2) is 0 Å². The van der Waals surface area contributed by atoms with Crippen molar-refractivity contribution in [3.8, 4) is 0 Å². The van der Waals surface area contributed by atoms with Gasteiger partial charge in [-0.15, -0.1) is 0 Å². The van der Waals surface area contributed by atoms with Crippen molar-refractivity contribution in [2.45, 2.75) is 117 Å². The Morgan fingerprint density at radius 2 is 1.11 bits per heavy atom. The van der Waals surface area contributed by atoms with Crippen LogP contribution in [0.5, 0.6) is 0 Å². The molecule has 0 rings (SSSR count). The monoisotopic (exact) mass is 402 g/mol. The first-order valence-electron chi connectivity index (χ1n) is 11.0. The Morgan fingerprint density at radius 3 is 1.44 bits per heavy atom. The maximum atomic E-state index is 11.9. The molecule has 5 heteroatoms. The van der Waals surface area contributed by atoms with Gasteiger partial charge in [-0.3, -0.25) is 9.59 Å². The van der Waals surface area contributed by atoms with Crippen molar-refractivity contribution in [2.24, 2.45) is 0 Å². The normalized spacial score (nSPS) is 13.2. The molecule has 0 radical (unpaired) electrons. The van der Waals surface area contributed by atoms with E-state index in [0.29, 0.717) is 24.3 Å². The maximum Gasteiger partial charge on any atom is 0.306 e. The fraction of sp³-hybridized carbons (Fsp3) is 0.909. The third kappa shape index (κ3) is 16.0. The van der Waals surface area contributed by atoms with E-state index in [-0.39, 0.29) is 24.1 Å². The van der Waals surface area contributed by atoms with Crippen LogP contribution in [0.4, 0.5) is 0 Å². The van der Waals surface area contributed by atoms with Crippen LogP contribution in [0.25, 0.3) is 0 Å². The highest BCUT2D eigenvalue weighted by atomic mass is 32.2. The highest BCUT2D eigenvalue weighted by Crippen LogP contribution is 2.14. The molecule has 0 N–H and O–H groups in total. The maximum absolute atomic E-state index is 11.9. The topological polar surface area (TPSA) is 52.6 Å². The van der Waals surface area contributed by atoms with Gasteiger partial charge in [0.1, 0.15) is 12.2 Å². The summed E-state index contributed by atoms with van der Waals surface area (Å²) in [6.07, 6.45) is 11.6. The molecule has 0 fully saturated rings. The van der Waals surface area contributed by atoms with Crippen LogP contribution in [-0.2, 0) is 19.1 Å². The minimum atomic E-state index is -0.115. The van der Waals surface area contributed by atoms with Crippen LogP contribution in [-0.4, -0.2) is 35.7 Å². The summed E-state index contributed by atoms with van der Waals surface area (Å²) in [5.74, 6) is 1.17. The number of hydrogen-bond donors (Lipinski definition) is 0. The summed E-state index contributed by atoms with van der Waals surface area (Å²) in [4.78, 5) is 23.8. The highest BCUT2D eigenvalue weighted by molar-refractivity contribution is 7.99. The molecular formula is C22H42O4S. The Bertz CT molecular complexity index is 339. The van der Waals surface area contributed by atoms with Crippen molar-refractivity contribution in [2.75, 3.05) is 11.5 Å². The van der Waals surface area contributed by atoms with Crippen LogP contribution in [0.1, 0.15) is 105 Å². The number of carbonyl (C=O) groups is 2. The Balaban J connectivity index is 3.78. The highest BCUT2D eigenvalue weighted by Gasteiger charge is 2.14. The first-order chi connectivity index (χ1) is 13.1. The number of thioether (sulfide) groups is 1. The number of esters is 2. The van der Waals surface area contributed by atoms with Gasteiger partial charge in [0.25, 0.3) is 0 Å². The first-order valence-corrected chi connectivity index (χ1v) is 12.2. The van der Waals surface area contributed by atoms with Gasteiger partial charge in [-0.05, 0) is 38.5 Å². The molecule has 4 nitrogen and oxygen atoms in total. The average Bonchev–Trinajstić information content (AvgIpc) is 2.66. The van der Waals surface area contributed by atoms with E-state index < -0.39 is 0 Å². The van der Waals surface area contributed by atoms with E-state index in [1.54, 1.807) is 11.8 Å². The number of ether oxygens (including phenoxy) is 2. The second-order valence-corrected chi connectivity index (χ2v) is 8.37. The van der Waals surface area contributed by atoms with Crippen LogP contribution < -0.4 is 0 Å². The molecule has 0 saturated heterocycles. The molecule has 0 saturated carbocycles. The minimum absolute atomic E-state index is 0.0581. The summed E-state index contributed by atoms with van der Waals surface area (Å²) in [5, 5.41) is 0. The second kappa shape index (κ2) is 18.6. The SMILES string of the molecule is CCCCCC(CC)OC(=O)CCSCCC(=O)OC(CC)CCCCC. The van der Waals surface area contributed by atoms with Gasteiger partial charge >= 0.3 is 11.9 Å². The Morgan fingerprint density at radius 1 is 0.704 bits per heavy atom. The zero-order valence-electron chi connectivity index (χ0n) is 18.1. The van der Waals surface area contributed by atoms with Crippen molar-refractivity contribution in [1.29, 1.82) is 0 Å². The van der Waals surface area contributed by atoms with Crippen molar-refractivity contribution in [1.82, 2.24) is 0 Å². The van der Waals surface area contributed by atoms with Gasteiger partial charge < -0.3 is 9.47 Å². The standard InChI is InChI=1S/C22H42O4S/c1-5-9-11-13-19(7-3)25-21(23)15-17-27-18-16-22(24)26-20(8-4)14-12-10-6-2/h19-20H,5-18H2,1-4H3. The molecule has 2 unspecified atom stereocenters. The third-order valence-corrected chi connectivity index (χ3v) is 5.65. The van der Waals surface area contributed by atoms with E-state index in [2.05, 4.69) is 27.7 Å². The molecule has 0 aromatic carbocycles. The lowest BCUT2D eigenvalue weighted by Crippen LogP contribution is -2.18. The smallest absolute Gasteiger partial charge is 0.306 e. The predicted molar refractivity (Wildman–Crippen MR) is 115 cm³/mol. The minimum Gasteiger partial charge on any atom is -0.462 e. The lowest BCUT2D eigenvalue weighted by molar-refractivity contribution is -0.149. The number of rotatable bonds is 18. The van der Waals surface area contributed by atoms with Crippen molar-refractivity contribution >= 4 is 23.7 Å².